The minimum Gasteiger partial charge on any atom is -0.493 e. The molecule has 0 aliphatic rings. The van der Waals surface area contributed by atoms with Crippen LogP contribution in [-0.2, 0) is 6.54 Å². The Labute approximate surface area is 180 Å². The van der Waals surface area contributed by atoms with Gasteiger partial charge in [0.15, 0.2) is 22.4 Å². The van der Waals surface area contributed by atoms with Crippen LogP contribution in [0.3, 0.4) is 0 Å². The van der Waals surface area contributed by atoms with Gasteiger partial charge in [-0.1, -0.05) is 30.0 Å². The summed E-state index contributed by atoms with van der Waals surface area (Å²) in [5.74, 6) is 1.54. The van der Waals surface area contributed by atoms with Crippen LogP contribution in [0, 0.1) is 13.8 Å². The highest BCUT2D eigenvalue weighted by Crippen LogP contribution is 2.38. The van der Waals surface area contributed by atoms with Gasteiger partial charge in [-0.05, 0) is 54.8 Å². The van der Waals surface area contributed by atoms with Gasteiger partial charge in [0.25, 0.3) is 5.91 Å². The number of rotatable bonds is 8. The normalized spacial score (nSPS) is 10.6. The van der Waals surface area contributed by atoms with Crippen LogP contribution in [0.2, 0.25) is 0 Å². The largest absolute Gasteiger partial charge is 0.493 e. The van der Waals surface area contributed by atoms with E-state index in [2.05, 4.69) is 31.3 Å². The van der Waals surface area contributed by atoms with Crippen LogP contribution in [0.15, 0.2) is 56.9 Å². The quantitative estimate of drug-likeness (QED) is 0.545. The van der Waals surface area contributed by atoms with Gasteiger partial charge in [-0.25, -0.2) is 0 Å². The monoisotopic (exact) mass is 427 g/mol. The summed E-state index contributed by atoms with van der Waals surface area (Å²) in [6, 6.07) is 13.2. The van der Waals surface area contributed by atoms with Crippen molar-refractivity contribution in [2.45, 2.75) is 30.4 Å². The lowest BCUT2D eigenvalue weighted by Crippen LogP contribution is -2.22. The Kier molecular flexibility index (Phi) is 6.95. The third kappa shape index (κ3) is 4.74. The van der Waals surface area contributed by atoms with Crippen molar-refractivity contribution in [2.24, 2.45) is 0 Å². The molecule has 30 heavy (non-hydrogen) atoms. The van der Waals surface area contributed by atoms with E-state index in [0.29, 0.717) is 22.3 Å². The minimum absolute atomic E-state index is 0.260. The highest BCUT2D eigenvalue weighted by molar-refractivity contribution is 7.99. The van der Waals surface area contributed by atoms with E-state index in [1.165, 1.54) is 22.9 Å². The van der Waals surface area contributed by atoms with Crippen LogP contribution in [0.4, 0.5) is 0 Å². The Balaban J connectivity index is 1.69. The van der Waals surface area contributed by atoms with Gasteiger partial charge in [0.05, 0.1) is 21.3 Å². The number of aryl methyl sites for hydroxylation is 2. The van der Waals surface area contributed by atoms with Crippen LogP contribution < -0.4 is 19.5 Å². The molecule has 1 N–H and O–H groups in total. The molecule has 7 heteroatoms. The van der Waals surface area contributed by atoms with Crippen molar-refractivity contribution in [1.29, 1.82) is 0 Å². The molecule has 0 radical (unpaired) electrons. The molecule has 1 heterocycles. The van der Waals surface area contributed by atoms with Crippen molar-refractivity contribution in [2.75, 3.05) is 21.3 Å². The third-order valence-electron chi connectivity index (χ3n) is 4.59. The molecule has 0 saturated heterocycles. The summed E-state index contributed by atoms with van der Waals surface area (Å²) < 4.78 is 21.8. The molecular formula is C23H25NO5S. The number of benzene rings is 2. The number of furan rings is 1. The molecule has 0 spiro atoms. The van der Waals surface area contributed by atoms with Crippen molar-refractivity contribution < 1.29 is 23.4 Å². The number of amides is 1. The number of nitrogens with one attached hydrogen (secondary N) is 1. The second-order valence-electron chi connectivity index (χ2n) is 6.66. The van der Waals surface area contributed by atoms with Crippen LogP contribution in [0.1, 0.15) is 27.2 Å². The second kappa shape index (κ2) is 9.63. The SMILES string of the molecule is COc1cc(CNC(=O)c2ccc(Sc3c(C)cccc3C)o2)cc(OC)c1OC. The van der Waals surface area contributed by atoms with Gasteiger partial charge in [-0.15, -0.1) is 0 Å². The average Bonchev–Trinajstić information content (AvgIpc) is 3.22. The maximum absolute atomic E-state index is 12.5. The first-order valence-electron chi connectivity index (χ1n) is 9.37. The van der Waals surface area contributed by atoms with Gasteiger partial charge in [0, 0.05) is 11.4 Å². The number of carbonyl (C=O) groups is 1. The van der Waals surface area contributed by atoms with E-state index in [1.54, 1.807) is 39.5 Å². The van der Waals surface area contributed by atoms with Gasteiger partial charge in [0.1, 0.15) is 0 Å². The van der Waals surface area contributed by atoms with Crippen LogP contribution in [0.25, 0.3) is 0 Å². The molecule has 0 bridgehead atoms. The second-order valence-corrected chi connectivity index (χ2v) is 7.67. The summed E-state index contributed by atoms with van der Waals surface area (Å²) in [5, 5.41) is 3.53. The highest BCUT2D eigenvalue weighted by atomic mass is 32.2. The molecule has 0 saturated carbocycles. The highest BCUT2D eigenvalue weighted by Gasteiger charge is 2.16. The van der Waals surface area contributed by atoms with Crippen LogP contribution in [0.5, 0.6) is 17.2 Å². The standard InChI is InChI=1S/C23H25NO5S/c1-14-7-6-8-15(2)22(14)30-20-10-9-17(29-20)23(25)24-13-16-11-18(26-3)21(28-5)19(12-16)27-4/h6-12H,13H2,1-5H3,(H,24,25). The van der Waals surface area contributed by atoms with Crippen molar-refractivity contribution in [3.05, 3.63) is 64.9 Å². The van der Waals surface area contributed by atoms with Gasteiger partial charge in [0.2, 0.25) is 5.75 Å². The lowest BCUT2D eigenvalue weighted by molar-refractivity contribution is 0.0918. The lowest BCUT2D eigenvalue weighted by Gasteiger charge is -2.14. The predicted molar refractivity (Wildman–Crippen MR) is 116 cm³/mol. The predicted octanol–water partition coefficient (Wildman–Crippen LogP) is 5.00. The fraction of sp³-hybridized carbons (Fsp3) is 0.261. The van der Waals surface area contributed by atoms with E-state index in [9.17, 15) is 4.79 Å². The van der Waals surface area contributed by atoms with E-state index >= 15 is 0 Å². The Bertz CT molecular complexity index is 999. The summed E-state index contributed by atoms with van der Waals surface area (Å²) in [5.41, 5.74) is 3.16. The lowest BCUT2D eigenvalue weighted by atomic mass is 10.1. The fourth-order valence-corrected chi connectivity index (χ4v) is 3.99. The van der Waals surface area contributed by atoms with E-state index < -0.39 is 0 Å². The minimum atomic E-state index is -0.294. The first-order valence-corrected chi connectivity index (χ1v) is 10.2. The van der Waals surface area contributed by atoms with Crippen LogP contribution in [-0.4, -0.2) is 27.2 Å². The van der Waals surface area contributed by atoms with Gasteiger partial charge in [-0.3, -0.25) is 4.79 Å². The Hall–Kier alpha value is -3.06. The molecule has 6 nitrogen and oxygen atoms in total. The van der Waals surface area contributed by atoms with E-state index in [4.69, 9.17) is 18.6 Å². The van der Waals surface area contributed by atoms with E-state index in [1.807, 2.05) is 12.1 Å². The molecule has 0 aliphatic heterocycles. The van der Waals surface area contributed by atoms with Crippen molar-refractivity contribution >= 4 is 17.7 Å². The molecule has 1 amide bonds. The third-order valence-corrected chi connectivity index (χ3v) is 5.86. The number of methoxy groups -OCH3 is 3. The molecule has 1 aromatic heterocycles. The maximum Gasteiger partial charge on any atom is 0.287 e. The molecule has 0 atom stereocenters. The van der Waals surface area contributed by atoms with Gasteiger partial charge in [-0.2, -0.15) is 0 Å². The Morgan fingerprint density at radius 2 is 1.60 bits per heavy atom. The zero-order chi connectivity index (χ0) is 21.7. The molecule has 2 aromatic carbocycles. The topological polar surface area (TPSA) is 69.9 Å². The molecule has 0 aliphatic carbocycles. The fourth-order valence-electron chi connectivity index (χ4n) is 3.06. The Morgan fingerprint density at radius 1 is 0.967 bits per heavy atom. The molecule has 0 unspecified atom stereocenters. The van der Waals surface area contributed by atoms with Crippen molar-refractivity contribution in [3.63, 3.8) is 0 Å². The molecular weight excluding hydrogens is 402 g/mol. The van der Waals surface area contributed by atoms with Gasteiger partial charge < -0.3 is 23.9 Å². The number of hydrogen-bond donors (Lipinski definition) is 1. The maximum atomic E-state index is 12.5. The average molecular weight is 428 g/mol. The zero-order valence-electron chi connectivity index (χ0n) is 17.7. The smallest absolute Gasteiger partial charge is 0.287 e. The number of hydrogen-bond acceptors (Lipinski definition) is 6. The number of ether oxygens (including phenoxy) is 3. The summed E-state index contributed by atoms with van der Waals surface area (Å²) in [6.07, 6.45) is 0. The first kappa shape index (κ1) is 21.6. The van der Waals surface area contributed by atoms with Crippen LogP contribution >= 0.6 is 11.8 Å². The Morgan fingerprint density at radius 3 is 2.17 bits per heavy atom. The van der Waals surface area contributed by atoms with Gasteiger partial charge >= 0.3 is 0 Å². The number of carbonyl (C=O) groups excluding carboxylic acids is 1. The molecule has 3 rings (SSSR count). The molecule has 0 fully saturated rings. The van der Waals surface area contributed by atoms with E-state index in [0.717, 1.165) is 10.5 Å². The first-order chi connectivity index (χ1) is 14.5. The summed E-state index contributed by atoms with van der Waals surface area (Å²) in [7, 11) is 4.66. The molecule has 158 valence electrons. The summed E-state index contributed by atoms with van der Waals surface area (Å²) in [6.45, 7) is 4.40. The van der Waals surface area contributed by atoms with E-state index in [-0.39, 0.29) is 18.2 Å². The summed E-state index contributed by atoms with van der Waals surface area (Å²) in [4.78, 5) is 13.7. The zero-order valence-corrected chi connectivity index (χ0v) is 18.5. The van der Waals surface area contributed by atoms with Crippen molar-refractivity contribution in [1.82, 2.24) is 5.32 Å². The van der Waals surface area contributed by atoms with Crippen molar-refractivity contribution in [3.8, 4) is 17.2 Å². The molecule has 3 aromatic rings. The summed E-state index contributed by atoms with van der Waals surface area (Å²) >= 11 is 1.51.